The molecule has 1 saturated heterocycles. The molecule has 0 saturated carbocycles. The minimum absolute atomic E-state index is 0.145. The molecule has 166 valence electrons. The van der Waals surface area contributed by atoms with Crippen LogP contribution in [0.25, 0.3) is 0 Å². The van der Waals surface area contributed by atoms with Crippen molar-refractivity contribution in [1.82, 2.24) is 15.0 Å². The molecule has 0 radical (unpaired) electrons. The summed E-state index contributed by atoms with van der Waals surface area (Å²) in [6.45, 7) is 0. The minimum Gasteiger partial charge on any atom is -0.420 e. The standard InChI is InChI=1S/C21H18ClF2N5O3/c22-21(23,24)32-14-6-4-13(5-7-14)28-19(30)16-9-8-15(18-20(31)27-12-11-26-18)29(16)17-3-1-2-10-25-17/h1-7,10-12,15-16H,8-9H2,(H,27,31)(H,28,30)/t15-,16-/m1/s1. The number of carbonyl (C=O) groups is 1. The van der Waals surface area contributed by atoms with Gasteiger partial charge < -0.3 is 19.9 Å². The highest BCUT2D eigenvalue weighted by molar-refractivity contribution is 6.20. The van der Waals surface area contributed by atoms with Crippen molar-refractivity contribution >= 4 is 29.0 Å². The Morgan fingerprint density at radius 3 is 2.59 bits per heavy atom. The van der Waals surface area contributed by atoms with Gasteiger partial charge >= 0.3 is 5.57 Å². The van der Waals surface area contributed by atoms with Gasteiger partial charge in [-0.2, -0.15) is 0 Å². The summed E-state index contributed by atoms with van der Waals surface area (Å²) in [5.74, 6) is 0.0589. The van der Waals surface area contributed by atoms with Crippen LogP contribution < -0.4 is 20.5 Å². The van der Waals surface area contributed by atoms with Crippen LogP contribution in [0.3, 0.4) is 0 Å². The smallest absolute Gasteiger partial charge is 0.420 e. The second-order valence-electron chi connectivity index (χ2n) is 7.07. The number of benzene rings is 1. The Hall–Kier alpha value is -3.53. The molecule has 2 N–H and O–H groups in total. The third kappa shape index (κ3) is 4.86. The molecule has 2 aromatic heterocycles. The summed E-state index contributed by atoms with van der Waals surface area (Å²) in [5.41, 5.74) is -3.46. The van der Waals surface area contributed by atoms with Crippen molar-refractivity contribution in [2.45, 2.75) is 30.5 Å². The summed E-state index contributed by atoms with van der Waals surface area (Å²) in [4.78, 5) is 38.4. The molecule has 0 aliphatic carbocycles. The second-order valence-corrected chi connectivity index (χ2v) is 7.51. The number of rotatable bonds is 6. The number of ether oxygens (including phenoxy) is 1. The summed E-state index contributed by atoms with van der Waals surface area (Å²) in [7, 11) is 0. The molecule has 1 aliphatic heterocycles. The van der Waals surface area contributed by atoms with E-state index >= 15 is 0 Å². The number of amides is 1. The van der Waals surface area contributed by atoms with E-state index in [0.29, 0.717) is 30.0 Å². The van der Waals surface area contributed by atoms with Gasteiger partial charge in [0.25, 0.3) is 5.56 Å². The lowest BCUT2D eigenvalue weighted by Crippen LogP contribution is -2.42. The summed E-state index contributed by atoms with van der Waals surface area (Å²) in [6.07, 6.45) is 5.53. The van der Waals surface area contributed by atoms with Gasteiger partial charge in [-0.05, 0) is 49.2 Å². The van der Waals surface area contributed by atoms with Gasteiger partial charge in [0.1, 0.15) is 23.3 Å². The Bertz CT molecular complexity index is 1140. The monoisotopic (exact) mass is 461 g/mol. The molecule has 8 nitrogen and oxygen atoms in total. The molecule has 0 spiro atoms. The van der Waals surface area contributed by atoms with E-state index in [2.05, 4.69) is 25.0 Å². The molecule has 0 bridgehead atoms. The molecule has 3 aromatic rings. The van der Waals surface area contributed by atoms with Crippen LogP contribution in [0, 0.1) is 0 Å². The van der Waals surface area contributed by atoms with E-state index in [1.807, 2.05) is 0 Å². The van der Waals surface area contributed by atoms with Gasteiger partial charge in [0.2, 0.25) is 5.91 Å². The molecule has 4 rings (SSSR count). The first-order valence-electron chi connectivity index (χ1n) is 9.71. The Balaban J connectivity index is 1.57. The zero-order valence-corrected chi connectivity index (χ0v) is 17.3. The molecule has 3 heterocycles. The van der Waals surface area contributed by atoms with E-state index in [-0.39, 0.29) is 17.2 Å². The number of nitrogens with zero attached hydrogens (tertiary/aromatic N) is 3. The van der Waals surface area contributed by atoms with Crippen molar-refractivity contribution in [2.24, 2.45) is 0 Å². The van der Waals surface area contributed by atoms with Gasteiger partial charge in [-0.25, -0.2) is 4.98 Å². The van der Waals surface area contributed by atoms with Crippen LogP contribution in [0.2, 0.25) is 0 Å². The number of carbonyl (C=O) groups excluding carboxylic acids is 1. The fourth-order valence-corrected chi connectivity index (χ4v) is 3.82. The van der Waals surface area contributed by atoms with Gasteiger partial charge in [0, 0.05) is 35.9 Å². The third-order valence-electron chi connectivity index (χ3n) is 5.01. The van der Waals surface area contributed by atoms with Crippen molar-refractivity contribution < 1.29 is 18.3 Å². The molecule has 32 heavy (non-hydrogen) atoms. The van der Waals surface area contributed by atoms with E-state index < -0.39 is 17.7 Å². The highest BCUT2D eigenvalue weighted by Crippen LogP contribution is 2.38. The molecule has 11 heteroatoms. The SMILES string of the molecule is O=C(Nc1ccc(OC(F)(F)Cl)cc1)[C@H]1CC[C@H](c2ncc[nH]c2=O)N1c1ccccn1. The fourth-order valence-electron chi connectivity index (χ4n) is 3.73. The van der Waals surface area contributed by atoms with Crippen LogP contribution in [0.15, 0.2) is 65.8 Å². The summed E-state index contributed by atoms with van der Waals surface area (Å²) >= 11 is 4.76. The average Bonchev–Trinajstić information content (AvgIpc) is 3.20. The number of hydrogen-bond donors (Lipinski definition) is 2. The molecule has 1 aliphatic rings. The summed E-state index contributed by atoms with van der Waals surface area (Å²) < 4.78 is 29.8. The highest BCUT2D eigenvalue weighted by atomic mass is 35.5. The van der Waals surface area contributed by atoms with Crippen molar-refractivity contribution in [2.75, 3.05) is 10.2 Å². The lowest BCUT2D eigenvalue weighted by Gasteiger charge is -2.30. The summed E-state index contributed by atoms with van der Waals surface area (Å²) in [5, 5.41) is 2.77. The number of pyridine rings is 1. The van der Waals surface area contributed by atoms with E-state index in [0.717, 1.165) is 0 Å². The number of halogens is 3. The zero-order valence-electron chi connectivity index (χ0n) is 16.5. The number of aromatic amines is 1. The molecule has 1 aromatic carbocycles. The first kappa shape index (κ1) is 21.7. The van der Waals surface area contributed by atoms with E-state index in [1.54, 1.807) is 29.3 Å². The van der Waals surface area contributed by atoms with E-state index in [9.17, 15) is 18.4 Å². The maximum absolute atomic E-state index is 13.1. The molecule has 0 unspecified atom stereocenters. The van der Waals surface area contributed by atoms with Gasteiger partial charge in [-0.15, -0.1) is 8.78 Å². The first-order chi connectivity index (χ1) is 15.3. The predicted molar refractivity (Wildman–Crippen MR) is 114 cm³/mol. The number of hydrogen-bond acceptors (Lipinski definition) is 6. The number of anilines is 2. The first-order valence-corrected chi connectivity index (χ1v) is 10.1. The predicted octanol–water partition coefficient (Wildman–Crippen LogP) is 3.68. The number of nitrogens with one attached hydrogen (secondary N) is 2. The van der Waals surface area contributed by atoms with Gasteiger partial charge in [0.15, 0.2) is 0 Å². The molecule has 1 amide bonds. The zero-order chi connectivity index (χ0) is 22.7. The highest BCUT2D eigenvalue weighted by Gasteiger charge is 2.41. The summed E-state index contributed by atoms with van der Waals surface area (Å²) in [6, 6.07) is 9.64. The number of aromatic nitrogens is 3. The normalized spacial score (nSPS) is 18.4. The van der Waals surface area contributed by atoms with Crippen LogP contribution >= 0.6 is 11.6 Å². The largest absolute Gasteiger partial charge is 0.487 e. The average molecular weight is 462 g/mol. The number of H-pyrrole nitrogens is 1. The van der Waals surface area contributed by atoms with Crippen LogP contribution in [0.4, 0.5) is 20.3 Å². The van der Waals surface area contributed by atoms with Crippen molar-refractivity contribution in [1.29, 1.82) is 0 Å². The lowest BCUT2D eigenvalue weighted by molar-refractivity contribution is -0.117. The third-order valence-corrected chi connectivity index (χ3v) is 5.09. The molecule has 1 fully saturated rings. The van der Waals surface area contributed by atoms with Crippen LogP contribution in [0.5, 0.6) is 5.75 Å². The Labute approximate surface area is 186 Å². The Kier molecular flexibility index (Phi) is 6.04. The maximum atomic E-state index is 13.1. The van der Waals surface area contributed by atoms with Gasteiger partial charge in [0.05, 0.1) is 6.04 Å². The number of alkyl halides is 3. The lowest BCUT2D eigenvalue weighted by atomic mass is 10.1. The second kappa shape index (κ2) is 8.91. The van der Waals surface area contributed by atoms with E-state index in [4.69, 9.17) is 11.6 Å². The molecule has 2 atom stereocenters. The Morgan fingerprint density at radius 2 is 1.94 bits per heavy atom. The van der Waals surface area contributed by atoms with Gasteiger partial charge in [-0.1, -0.05) is 6.07 Å². The van der Waals surface area contributed by atoms with Crippen molar-refractivity contribution in [3.8, 4) is 5.75 Å². The van der Waals surface area contributed by atoms with Crippen molar-refractivity contribution in [3.05, 3.63) is 77.1 Å². The Morgan fingerprint density at radius 1 is 1.16 bits per heavy atom. The quantitative estimate of drug-likeness (QED) is 0.543. The molecular weight excluding hydrogens is 444 g/mol. The molecular formula is C21H18ClF2N5O3. The topological polar surface area (TPSA) is 100 Å². The van der Waals surface area contributed by atoms with Crippen LogP contribution in [0.1, 0.15) is 24.6 Å². The van der Waals surface area contributed by atoms with Crippen molar-refractivity contribution in [3.63, 3.8) is 0 Å². The maximum Gasteiger partial charge on any atom is 0.487 e. The minimum atomic E-state index is -3.82. The van der Waals surface area contributed by atoms with E-state index in [1.165, 1.54) is 36.7 Å². The van der Waals surface area contributed by atoms with Crippen LogP contribution in [-0.2, 0) is 4.79 Å². The van der Waals surface area contributed by atoms with Crippen LogP contribution in [-0.4, -0.2) is 32.5 Å². The fraction of sp³-hybridized carbons (Fsp3) is 0.238. The van der Waals surface area contributed by atoms with Gasteiger partial charge in [-0.3, -0.25) is 14.6 Å².